The van der Waals surface area contributed by atoms with Crippen LogP contribution >= 0.6 is 0 Å². The number of fused-ring (bicyclic) bond motifs is 1. The molecule has 0 radical (unpaired) electrons. The number of hydrogen-bond donors (Lipinski definition) is 0. The van der Waals surface area contributed by atoms with Crippen LogP contribution in [0.3, 0.4) is 0 Å². The molecule has 3 heterocycles. The van der Waals surface area contributed by atoms with E-state index in [1.807, 2.05) is 24.3 Å². The number of likely N-dealkylation sites (tertiary alicyclic amines) is 1. The lowest BCUT2D eigenvalue weighted by atomic mass is 9.97. The van der Waals surface area contributed by atoms with Crippen LogP contribution in [0.1, 0.15) is 36.8 Å². The molecule has 1 saturated heterocycles. The van der Waals surface area contributed by atoms with Crippen molar-refractivity contribution in [1.82, 2.24) is 19.7 Å². The summed E-state index contributed by atoms with van der Waals surface area (Å²) in [5, 5.41) is 8.86. The first-order valence-corrected chi connectivity index (χ1v) is 9.25. The molecule has 2 aliphatic heterocycles. The Labute approximate surface area is 148 Å². The van der Waals surface area contributed by atoms with Gasteiger partial charge in [0, 0.05) is 32.0 Å². The Morgan fingerprint density at radius 3 is 2.88 bits per heavy atom. The van der Waals surface area contributed by atoms with Gasteiger partial charge < -0.3 is 14.0 Å². The van der Waals surface area contributed by atoms with Crippen molar-refractivity contribution < 1.29 is 9.47 Å². The minimum Gasteiger partial charge on any atom is -0.493 e. The zero-order valence-corrected chi connectivity index (χ0v) is 14.9. The maximum absolute atomic E-state index is 5.93. The van der Waals surface area contributed by atoms with Crippen LogP contribution in [0.2, 0.25) is 0 Å². The van der Waals surface area contributed by atoms with Gasteiger partial charge in [-0.2, -0.15) is 0 Å². The van der Waals surface area contributed by atoms with Gasteiger partial charge in [0.25, 0.3) is 0 Å². The van der Waals surface area contributed by atoms with E-state index in [2.05, 4.69) is 19.7 Å². The van der Waals surface area contributed by atoms with Crippen molar-refractivity contribution in [2.75, 3.05) is 33.4 Å². The number of para-hydroxylation sites is 2. The van der Waals surface area contributed by atoms with Gasteiger partial charge in [-0.15, -0.1) is 10.2 Å². The summed E-state index contributed by atoms with van der Waals surface area (Å²) < 4.78 is 13.6. The largest absolute Gasteiger partial charge is 0.493 e. The molecule has 25 heavy (non-hydrogen) atoms. The average molecular weight is 342 g/mol. The van der Waals surface area contributed by atoms with Crippen LogP contribution in [-0.4, -0.2) is 53.0 Å². The molecule has 0 saturated carbocycles. The standard InChI is InChI=1S/C19H26N4O2/c1-24-16-7-2-3-8-17(16)25-13-12-22-10-4-6-15(14-22)19-21-20-18-9-5-11-23(18)19/h2-3,7-8,15H,4-6,9-14H2,1H3. The second-order valence-corrected chi connectivity index (χ2v) is 6.87. The second-order valence-electron chi connectivity index (χ2n) is 6.87. The molecule has 2 aliphatic rings. The van der Waals surface area contributed by atoms with E-state index in [0.717, 1.165) is 44.1 Å². The summed E-state index contributed by atoms with van der Waals surface area (Å²) in [4.78, 5) is 2.49. The number of ether oxygens (including phenoxy) is 2. The Morgan fingerprint density at radius 2 is 2.00 bits per heavy atom. The van der Waals surface area contributed by atoms with Crippen molar-refractivity contribution in [2.45, 2.75) is 38.1 Å². The summed E-state index contributed by atoms with van der Waals surface area (Å²) in [7, 11) is 1.68. The molecule has 134 valence electrons. The minimum atomic E-state index is 0.499. The highest BCUT2D eigenvalue weighted by Gasteiger charge is 2.28. The molecule has 0 amide bonds. The van der Waals surface area contributed by atoms with Crippen molar-refractivity contribution in [1.29, 1.82) is 0 Å². The zero-order valence-electron chi connectivity index (χ0n) is 14.9. The predicted octanol–water partition coefficient (Wildman–Crippen LogP) is 2.49. The van der Waals surface area contributed by atoms with E-state index in [1.54, 1.807) is 7.11 Å². The molecule has 0 aliphatic carbocycles. The van der Waals surface area contributed by atoms with Gasteiger partial charge in [-0.25, -0.2) is 0 Å². The fraction of sp³-hybridized carbons (Fsp3) is 0.579. The van der Waals surface area contributed by atoms with Crippen molar-refractivity contribution in [3.63, 3.8) is 0 Å². The van der Waals surface area contributed by atoms with Gasteiger partial charge in [0.05, 0.1) is 7.11 Å². The van der Waals surface area contributed by atoms with E-state index < -0.39 is 0 Å². The monoisotopic (exact) mass is 342 g/mol. The molecular formula is C19H26N4O2. The lowest BCUT2D eigenvalue weighted by Crippen LogP contribution is -2.37. The third-order valence-electron chi connectivity index (χ3n) is 5.24. The van der Waals surface area contributed by atoms with Gasteiger partial charge in [-0.3, -0.25) is 4.90 Å². The van der Waals surface area contributed by atoms with Crippen molar-refractivity contribution in [3.8, 4) is 11.5 Å². The predicted molar refractivity (Wildman–Crippen MR) is 95.2 cm³/mol. The fourth-order valence-electron chi connectivity index (χ4n) is 3.97. The van der Waals surface area contributed by atoms with Crippen LogP contribution in [0.4, 0.5) is 0 Å². The Hall–Kier alpha value is -2.08. The maximum Gasteiger partial charge on any atom is 0.161 e. The molecule has 4 rings (SSSR count). The molecule has 0 bridgehead atoms. The molecule has 1 atom stereocenters. The topological polar surface area (TPSA) is 52.4 Å². The SMILES string of the molecule is COc1ccccc1OCCN1CCCC(c2nnc3n2CCC3)C1. The summed E-state index contributed by atoms with van der Waals surface area (Å²) in [5.74, 6) is 4.47. The number of piperidine rings is 1. The Balaban J connectivity index is 1.32. The summed E-state index contributed by atoms with van der Waals surface area (Å²) in [6.07, 6.45) is 4.71. The van der Waals surface area contributed by atoms with Gasteiger partial charge in [0.2, 0.25) is 0 Å². The summed E-state index contributed by atoms with van der Waals surface area (Å²) >= 11 is 0. The quantitative estimate of drug-likeness (QED) is 0.807. The molecular weight excluding hydrogens is 316 g/mol. The number of aryl methyl sites for hydroxylation is 1. The molecule has 2 aromatic rings. The van der Waals surface area contributed by atoms with Gasteiger partial charge >= 0.3 is 0 Å². The number of nitrogens with zero attached hydrogens (tertiary/aromatic N) is 4. The Bertz CT molecular complexity index is 715. The van der Waals surface area contributed by atoms with Crippen LogP contribution in [0.5, 0.6) is 11.5 Å². The minimum absolute atomic E-state index is 0.499. The summed E-state index contributed by atoms with van der Waals surface area (Å²) in [6.45, 7) is 4.87. The van der Waals surface area contributed by atoms with E-state index in [1.165, 1.54) is 30.9 Å². The summed E-state index contributed by atoms with van der Waals surface area (Å²) in [6, 6.07) is 7.81. The molecule has 0 N–H and O–H groups in total. The van der Waals surface area contributed by atoms with Crippen LogP contribution in [-0.2, 0) is 13.0 Å². The zero-order chi connectivity index (χ0) is 17.1. The molecule has 1 aromatic heterocycles. The van der Waals surface area contributed by atoms with Gasteiger partial charge in [0.1, 0.15) is 18.3 Å². The van der Waals surface area contributed by atoms with Crippen LogP contribution in [0.25, 0.3) is 0 Å². The lowest BCUT2D eigenvalue weighted by Gasteiger charge is -2.32. The highest BCUT2D eigenvalue weighted by atomic mass is 16.5. The van der Waals surface area contributed by atoms with Crippen LogP contribution in [0, 0.1) is 0 Å². The smallest absolute Gasteiger partial charge is 0.161 e. The van der Waals surface area contributed by atoms with Crippen LogP contribution < -0.4 is 9.47 Å². The third kappa shape index (κ3) is 3.49. The van der Waals surface area contributed by atoms with Gasteiger partial charge in [-0.05, 0) is 37.9 Å². The molecule has 1 fully saturated rings. The van der Waals surface area contributed by atoms with E-state index in [0.29, 0.717) is 12.5 Å². The number of methoxy groups -OCH3 is 1. The van der Waals surface area contributed by atoms with E-state index >= 15 is 0 Å². The fourth-order valence-corrected chi connectivity index (χ4v) is 3.97. The number of aromatic nitrogens is 3. The van der Waals surface area contributed by atoms with Gasteiger partial charge in [0.15, 0.2) is 11.5 Å². The number of hydrogen-bond acceptors (Lipinski definition) is 5. The van der Waals surface area contributed by atoms with Gasteiger partial charge in [-0.1, -0.05) is 12.1 Å². The highest BCUT2D eigenvalue weighted by molar-refractivity contribution is 5.39. The van der Waals surface area contributed by atoms with Crippen LogP contribution in [0.15, 0.2) is 24.3 Å². The third-order valence-corrected chi connectivity index (χ3v) is 5.24. The van der Waals surface area contributed by atoms with Crippen molar-refractivity contribution >= 4 is 0 Å². The summed E-state index contributed by atoms with van der Waals surface area (Å²) in [5.41, 5.74) is 0. The first kappa shape index (κ1) is 16.4. The van der Waals surface area contributed by atoms with E-state index in [-0.39, 0.29) is 0 Å². The van der Waals surface area contributed by atoms with Crippen molar-refractivity contribution in [3.05, 3.63) is 35.9 Å². The van der Waals surface area contributed by atoms with E-state index in [4.69, 9.17) is 9.47 Å². The van der Waals surface area contributed by atoms with Crippen molar-refractivity contribution in [2.24, 2.45) is 0 Å². The molecule has 6 nitrogen and oxygen atoms in total. The first-order valence-electron chi connectivity index (χ1n) is 9.25. The molecule has 1 aromatic carbocycles. The lowest BCUT2D eigenvalue weighted by molar-refractivity contribution is 0.164. The highest BCUT2D eigenvalue weighted by Crippen LogP contribution is 2.29. The Kier molecular flexibility index (Phi) is 4.88. The number of benzene rings is 1. The number of rotatable bonds is 6. The normalized spacial score (nSPS) is 20.4. The molecule has 6 heteroatoms. The average Bonchev–Trinajstić information content (AvgIpc) is 3.26. The first-order chi connectivity index (χ1) is 12.3. The van der Waals surface area contributed by atoms with E-state index in [9.17, 15) is 0 Å². The molecule has 1 unspecified atom stereocenters. The second kappa shape index (κ2) is 7.44. The molecule has 0 spiro atoms. The Morgan fingerprint density at radius 1 is 1.12 bits per heavy atom. The maximum atomic E-state index is 5.93.